The van der Waals surface area contributed by atoms with Gasteiger partial charge in [0.1, 0.15) is 5.60 Å². The summed E-state index contributed by atoms with van der Waals surface area (Å²) in [7, 11) is 1.84. The summed E-state index contributed by atoms with van der Waals surface area (Å²) in [6.45, 7) is 6.55. The molecule has 0 bridgehead atoms. The second-order valence-electron chi connectivity index (χ2n) is 7.99. The van der Waals surface area contributed by atoms with E-state index in [1.807, 2.05) is 20.2 Å². The molecule has 1 fully saturated rings. The standard InChI is InChI=1S/C21H39N5O2/c1-4-22-20(24-17-21(2,27)18-15-25-26(3)16-18)23-13-9-10-14-28-19-11-7-5-6-8-12-19/h15-16,19,27H,4-14,17H2,1-3H3,(H2,22,23,24). The third-order valence-electron chi connectivity index (χ3n) is 5.24. The second kappa shape index (κ2) is 12.1. The predicted molar refractivity (Wildman–Crippen MR) is 113 cm³/mol. The van der Waals surface area contributed by atoms with Gasteiger partial charge in [0.15, 0.2) is 5.96 Å². The van der Waals surface area contributed by atoms with Crippen LogP contribution in [-0.4, -0.2) is 53.2 Å². The van der Waals surface area contributed by atoms with E-state index in [1.54, 1.807) is 17.8 Å². The van der Waals surface area contributed by atoms with E-state index in [2.05, 4.69) is 20.7 Å². The summed E-state index contributed by atoms with van der Waals surface area (Å²) < 4.78 is 7.73. The number of hydrogen-bond donors (Lipinski definition) is 3. The highest BCUT2D eigenvalue weighted by Gasteiger charge is 2.24. The van der Waals surface area contributed by atoms with Gasteiger partial charge in [0.05, 0.1) is 18.8 Å². The van der Waals surface area contributed by atoms with Gasteiger partial charge in [0.2, 0.25) is 0 Å². The minimum atomic E-state index is -1.04. The molecule has 0 radical (unpaired) electrons. The number of aliphatic imine (C=N–C) groups is 1. The smallest absolute Gasteiger partial charge is 0.191 e. The molecule has 2 rings (SSSR count). The summed E-state index contributed by atoms with van der Waals surface area (Å²) in [5, 5.41) is 21.4. The highest BCUT2D eigenvalue weighted by molar-refractivity contribution is 5.79. The lowest BCUT2D eigenvalue weighted by Crippen LogP contribution is -2.39. The molecule has 1 aliphatic carbocycles. The molecule has 1 aliphatic rings. The van der Waals surface area contributed by atoms with Crippen LogP contribution in [0.5, 0.6) is 0 Å². The van der Waals surface area contributed by atoms with Crippen LogP contribution in [0.3, 0.4) is 0 Å². The summed E-state index contributed by atoms with van der Waals surface area (Å²) in [4.78, 5) is 4.55. The van der Waals surface area contributed by atoms with Gasteiger partial charge in [-0.3, -0.25) is 4.68 Å². The number of aromatic nitrogens is 2. The van der Waals surface area contributed by atoms with Gasteiger partial charge in [-0.05, 0) is 39.5 Å². The molecule has 0 aromatic carbocycles. The van der Waals surface area contributed by atoms with Gasteiger partial charge in [-0.25, -0.2) is 4.99 Å². The second-order valence-corrected chi connectivity index (χ2v) is 7.99. The zero-order valence-corrected chi connectivity index (χ0v) is 17.9. The molecule has 1 aromatic heterocycles. The Morgan fingerprint density at radius 1 is 1.29 bits per heavy atom. The normalized spacial score (nSPS) is 18.5. The monoisotopic (exact) mass is 393 g/mol. The van der Waals surface area contributed by atoms with Gasteiger partial charge in [0.25, 0.3) is 0 Å². The van der Waals surface area contributed by atoms with Gasteiger partial charge >= 0.3 is 0 Å². The van der Waals surface area contributed by atoms with Crippen LogP contribution in [-0.2, 0) is 17.4 Å². The molecular weight excluding hydrogens is 354 g/mol. The van der Waals surface area contributed by atoms with E-state index in [9.17, 15) is 5.11 Å². The summed E-state index contributed by atoms with van der Waals surface area (Å²) in [5.41, 5.74) is -0.270. The zero-order chi connectivity index (χ0) is 20.2. The van der Waals surface area contributed by atoms with Crippen molar-refractivity contribution in [1.29, 1.82) is 0 Å². The SMILES string of the molecule is CCNC(=NCC(C)(O)c1cnn(C)c1)NCCCCOC1CCCCCC1. The molecule has 1 unspecified atom stereocenters. The summed E-state index contributed by atoms with van der Waals surface area (Å²) in [6.07, 6.45) is 13.9. The van der Waals surface area contributed by atoms with Crippen LogP contribution in [0.15, 0.2) is 17.4 Å². The van der Waals surface area contributed by atoms with Crippen molar-refractivity contribution >= 4 is 5.96 Å². The Morgan fingerprint density at radius 3 is 2.68 bits per heavy atom. The molecule has 0 aliphatic heterocycles. The molecule has 3 N–H and O–H groups in total. The van der Waals surface area contributed by atoms with Crippen molar-refractivity contribution < 1.29 is 9.84 Å². The molecule has 28 heavy (non-hydrogen) atoms. The molecule has 1 atom stereocenters. The number of ether oxygens (including phenoxy) is 1. The average molecular weight is 394 g/mol. The van der Waals surface area contributed by atoms with Crippen LogP contribution >= 0.6 is 0 Å². The predicted octanol–water partition coefficient (Wildman–Crippen LogP) is 2.70. The largest absolute Gasteiger partial charge is 0.383 e. The first-order chi connectivity index (χ1) is 13.5. The number of hydrogen-bond acceptors (Lipinski definition) is 4. The molecule has 1 saturated carbocycles. The van der Waals surface area contributed by atoms with Gasteiger partial charge in [-0.2, -0.15) is 5.10 Å². The van der Waals surface area contributed by atoms with Gasteiger partial charge < -0.3 is 20.5 Å². The quantitative estimate of drug-likeness (QED) is 0.246. The van der Waals surface area contributed by atoms with Crippen molar-refractivity contribution in [1.82, 2.24) is 20.4 Å². The number of guanidine groups is 1. The van der Waals surface area contributed by atoms with Crippen molar-refractivity contribution in [2.45, 2.75) is 76.9 Å². The van der Waals surface area contributed by atoms with Crippen LogP contribution in [0.4, 0.5) is 0 Å². The Labute approximate surface area is 170 Å². The molecule has 1 heterocycles. The lowest BCUT2D eigenvalue weighted by atomic mass is 10.0. The van der Waals surface area contributed by atoms with Crippen LogP contribution in [0.25, 0.3) is 0 Å². The van der Waals surface area contributed by atoms with Crippen LogP contribution < -0.4 is 10.6 Å². The minimum absolute atomic E-state index is 0.277. The Morgan fingerprint density at radius 2 is 2.04 bits per heavy atom. The summed E-state index contributed by atoms with van der Waals surface area (Å²) in [6, 6.07) is 0. The zero-order valence-electron chi connectivity index (χ0n) is 17.9. The fraction of sp³-hybridized carbons (Fsp3) is 0.810. The fourth-order valence-electron chi connectivity index (χ4n) is 3.46. The number of nitrogens with zero attached hydrogens (tertiary/aromatic N) is 3. The number of unbranched alkanes of at least 4 members (excludes halogenated alkanes) is 1. The van der Waals surface area contributed by atoms with Gasteiger partial charge in [0, 0.05) is 38.5 Å². The molecule has 7 heteroatoms. The Kier molecular flexibility index (Phi) is 9.78. The molecule has 0 amide bonds. The van der Waals surface area contributed by atoms with E-state index >= 15 is 0 Å². The fourth-order valence-corrected chi connectivity index (χ4v) is 3.46. The number of nitrogens with one attached hydrogen (secondary N) is 2. The molecule has 7 nitrogen and oxygen atoms in total. The number of rotatable bonds is 10. The van der Waals surface area contributed by atoms with Crippen LogP contribution in [0.2, 0.25) is 0 Å². The van der Waals surface area contributed by atoms with E-state index in [1.165, 1.54) is 38.5 Å². The highest BCUT2D eigenvalue weighted by Crippen LogP contribution is 2.20. The molecule has 160 valence electrons. The van der Waals surface area contributed by atoms with E-state index in [0.717, 1.165) is 44.1 Å². The van der Waals surface area contributed by atoms with E-state index in [-0.39, 0.29) is 6.54 Å². The maximum Gasteiger partial charge on any atom is 0.191 e. The average Bonchev–Trinajstić information content (AvgIpc) is 2.95. The maximum absolute atomic E-state index is 10.7. The van der Waals surface area contributed by atoms with E-state index < -0.39 is 5.60 Å². The lowest BCUT2D eigenvalue weighted by molar-refractivity contribution is 0.0411. The van der Waals surface area contributed by atoms with Gasteiger partial charge in [-0.1, -0.05) is 25.7 Å². The van der Waals surface area contributed by atoms with Crippen molar-refractivity contribution in [3.63, 3.8) is 0 Å². The van der Waals surface area contributed by atoms with Crippen LogP contribution in [0.1, 0.15) is 70.8 Å². The third kappa shape index (κ3) is 8.19. The molecule has 0 saturated heterocycles. The van der Waals surface area contributed by atoms with Crippen molar-refractivity contribution in [2.75, 3.05) is 26.2 Å². The van der Waals surface area contributed by atoms with Crippen LogP contribution in [0, 0.1) is 0 Å². The Bertz CT molecular complexity index is 577. The van der Waals surface area contributed by atoms with Crippen molar-refractivity contribution in [3.05, 3.63) is 18.0 Å². The number of aryl methyl sites for hydroxylation is 1. The summed E-state index contributed by atoms with van der Waals surface area (Å²) in [5.74, 6) is 0.733. The first-order valence-electron chi connectivity index (χ1n) is 10.9. The van der Waals surface area contributed by atoms with E-state index in [4.69, 9.17) is 4.74 Å². The third-order valence-corrected chi connectivity index (χ3v) is 5.24. The minimum Gasteiger partial charge on any atom is -0.383 e. The lowest BCUT2D eigenvalue weighted by Gasteiger charge is -2.20. The van der Waals surface area contributed by atoms with Crippen molar-refractivity contribution in [2.24, 2.45) is 12.0 Å². The maximum atomic E-state index is 10.7. The highest BCUT2D eigenvalue weighted by atomic mass is 16.5. The topological polar surface area (TPSA) is 83.7 Å². The summed E-state index contributed by atoms with van der Waals surface area (Å²) >= 11 is 0. The van der Waals surface area contributed by atoms with E-state index in [0.29, 0.717) is 6.10 Å². The van der Waals surface area contributed by atoms with Crippen molar-refractivity contribution in [3.8, 4) is 0 Å². The Balaban J connectivity index is 1.67. The first-order valence-corrected chi connectivity index (χ1v) is 10.9. The first kappa shape index (κ1) is 22.7. The molecule has 0 spiro atoms. The molecular formula is C21H39N5O2. The number of aliphatic hydroxyl groups is 1. The Hall–Kier alpha value is -1.60. The van der Waals surface area contributed by atoms with Gasteiger partial charge in [-0.15, -0.1) is 0 Å². The molecule has 1 aromatic rings.